The highest BCUT2D eigenvalue weighted by molar-refractivity contribution is 6.49. The van der Waals surface area contributed by atoms with Crippen LogP contribution < -0.4 is 0 Å². The molecule has 3 nitrogen and oxygen atoms in total. The SMILES string of the molecule is CCC(CC)[N](C)[Al]([N](C)C(CC)CC)[N](C)C(CC)CC. The largest absolute Gasteiger partial charge is 0.609 e. The summed E-state index contributed by atoms with van der Waals surface area (Å²) in [6.07, 6.45) is 7.52. The predicted molar refractivity (Wildman–Crippen MR) is 102 cm³/mol. The number of rotatable bonds is 12. The Hall–Kier alpha value is 0.412. The zero-order valence-electron chi connectivity index (χ0n) is 16.9. The van der Waals surface area contributed by atoms with Crippen LogP contribution in [0.25, 0.3) is 0 Å². The van der Waals surface area contributed by atoms with Gasteiger partial charge in [-0.3, -0.25) is 0 Å². The van der Waals surface area contributed by atoms with Crippen molar-refractivity contribution >= 4 is 14.8 Å². The molecular formula is C18H42AlN3. The summed E-state index contributed by atoms with van der Waals surface area (Å²) in [6.45, 7) is 14.0. The standard InChI is InChI=1S/3C6H14N.Al/c3*1-4-6(5-2)7-3;/h3*6H,4-5H2,1-3H3;/q3*-1;+3. The Kier molecular flexibility index (Phi) is 12.1. The monoisotopic (exact) mass is 327 g/mol. The lowest BCUT2D eigenvalue weighted by Crippen LogP contribution is -2.66. The number of hydrogen-bond acceptors (Lipinski definition) is 3. The maximum Gasteiger partial charge on any atom is 0.609 e. The van der Waals surface area contributed by atoms with E-state index in [1.807, 2.05) is 0 Å². The molecule has 0 aromatic heterocycles. The Bertz CT molecular complexity index is 220. The van der Waals surface area contributed by atoms with Gasteiger partial charge in [-0.1, -0.05) is 41.5 Å². The molecule has 22 heavy (non-hydrogen) atoms. The quantitative estimate of drug-likeness (QED) is 0.494. The molecular weight excluding hydrogens is 285 g/mol. The summed E-state index contributed by atoms with van der Waals surface area (Å²) in [5.41, 5.74) is 0. The van der Waals surface area contributed by atoms with Crippen molar-refractivity contribution in [3.8, 4) is 0 Å². The molecule has 0 atom stereocenters. The van der Waals surface area contributed by atoms with Crippen molar-refractivity contribution in [1.82, 2.24) is 11.7 Å². The first-order valence-electron chi connectivity index (χ1n) is 9.58. The van der Waals surface area contributed by atoms with Crippen LogP contribution in [-0.4, -0.2) is 65.7 Å². The molecule has 0 amide bonds. The predicted octanol–water partition coefficient (Wildman–Crippen LogP) is 4.33. The molecule has 0 aliphatic carbocycles. The van der Waals surface area contributed by atoms with Crippen LogP contribution in [0.1, 0.15) is 80.1 Å². The summed E-state index contributed by atoms with van der Waals surface area (Å²) in [6, 6.07) is 2.14. The summed E-state index contributed by atoms with van der Waals surface area (Å²) in [7, 11) is 7.14. The molecule has 0 saturated heterocycles. The van der Waals surface area contributed by atoms with Crippen molar-refractivity contribution in [2.45, 2.75) is 98.2 Å². The molecule has 132 valence electrons. The highest BCUT2D eigenvalue weighted by Gasteiger charge is 2.42. The van der Waals surface area contributed by atoms with E-state index in [1.54, 1.807) is 0 Å². The van der Waals surface area contributed by atoms with Gasteiger partial charge in [0.2, 0.25) is 0 Å². The minimum Gasteiger partial charge on any atom is -0.357 e. The van der Waals surface area contributed by atoms with Gasteiger partial charge >= 0.3 is 14.8 Å². The second-order valence-electron chi connectivity index (χ2n) is 6.75. The van der Waals surface area contributed by atoms with E-state index in [2.05, 4.69) is 74.3 Å². The van der Waals surface area contributed by atoms with E-state index in [0.29, 0.717) is 18.1 Å². The van der Waals surface area contributed by atoms with E-state index in [1.165, 1.54) is 38.5 Å². The van der Waals surface area contributed by atoms with E-state index in [4.69, 9.17) is 0 Å². The average molecular weight is 328 g/mol. The van der Waals surface area contributed by atoms with Crippen molar-refractivity contribution < 1.29 is 0 Å². The van der Waals surface area contributed by atoms with Gasteiger partial charge in [0.05, 0.1) is 0 Å². The molecule has 0 saturated carbocycles. The van der Waals surface area contributed by atoms with Gasteiger partial charge in [-0.25, -0.2) is 0 Å². The lowest BCUT2D eigenvalue weighted by Gasteiger charge is -2.45. The molecule has 0 N–H and O–H groups in total. The van der Waals surface area contributed by atoms with Crippen molar-refractivity contribution in [3.05, 3.63) is 0 Å². The molecule has 0 spiro atoms. The summed E-state index contributed by atoms with van der Waals surface area (Å²) in [5, 5.41) is 0. The first-order chi connectivity index (χ1) is 10.4. The second kappa shape index (κ2) is 11.9. The van der Waals surface area contributed by atoms with Gasteiger partial charge in [0.15, 0.2) is 0 Å². The molecule has 4 heteroatoms. The maximum absolute atomic E-state index is 2.75. The van der Waals surface area contributed by atoms with Crippen LogP contribution >= 0.6 is 0 Å². The molecule has 0 aliphatic heterocycles. The molecule has 0 aromatic carbocycles. The van der Waals surface area contributed by atoms with Gasteiger partial charge in [0.1, 0.15) is 0 Å². The highest BCUT2D eigenvalue weighted by atomic mass is 27.2. The van der Waals surface area contributed by atoms with Crippen molar-refractivity contribution in [2.75, 3.05) is 21.1 Å². The Labute approximate surface area is 146 Å². The Morgan fingerprint density at radius 2 is 0.682 bits per heavy atom. The van der Waals surface area contributed by atoms with Gasteiger partial charge in [-0.05, 0) is 77.8 Å². The molecule has 0 heterocycles. The summed E-state index contributed by atoms with van der Waals surface area (Å²) >= 11 is -1.30. The Morgan fingerprint density at radius 1 is 0.500 bits per heavy atom. The normalized spacial score (nSPS) is 12.7. The first-order valence-corrected chi connectivity index (χ1v) is 11.1. The highest BCUT2D eigenvalue weighted by Crippen LogP contribution is 2.20. The molecule has 0 rings (SSSR count). The molecule has 0 radical (unpaired) electrons. The topological polar surface area (TPSA) is 9.72 Å². The lowest BCUT2D eigenvalue weighted by molar-refractivity contribution is 0.212. The van der Waals surface area contributed by atoms with Crippen LogP contribution in [-0.2, 0) is 0 Å². The smallest absolute Gasteiger partial charge is 0.357 e. The van der Waals surface area contributed by atoms with E-state index >= 15 is 0 Å². The van der Waals surface area contributed by atoms with Gasteiger partial charge in [0, 0.05) is 0 Å². The fourth-order valence-corrected chi connectivity index (χ4v) is 8.14. The van der Waals surface area contributed by atoms with E-state index in [-0.39, 0.29) is 0 Å². The zero-order valence-corrected chi connectivity index (χ0v) is 18.0. The fraction of sp³-hybridized carbons (Fsp3) is 1.00. The van der Waals surface area contributed by atoms with Crippen LogP contribution in [0.5, 0.6) is 0 Å². The van der Waals surface area contributed by atoms with E-state index in [9.17, 15) is 0 Å². The first kappa shape index (κ1) is 22.4. The lowest BCUT2D eigenvalue weighted by atomic mass is 10.2. The summed E-state index contributed by atoms with van der Waals surface area (Å²) < 4.78 is 8.24. The third kappa shape index (κ3) is 5.80. The van der Waals surface area contributed by atoms with Crippen molar-refractivity contribution in [1.29, 1.82) is 0 Å². The average Bonchev–Trinajstić information content (AvgIpc) is 2.51. The molecule has 0 fully saturated rings. The molecule has 0 aromatic rings. The van der Waals surface area contributed by atoms with E-state index < -0.39 is 14.8 Å². The molecule has 0 aliphatic rings. The third-order valence-corrected chi connectivity index (χ3v) is 9.10. The summed E-state index contributed by atoms with van der Waals surface area (Å²) in [5.74, 6) is 0. The number of nitrogens with zero attached hydrogens (tertiary/aromatic N) is 3. The van der Waals surface area contributed by atoms with Gasteiger partial charge in [0.25, 0.3) is 0 Å². The summed E-state index contributed by atoms with van der Waals surface area (Å²) in [4.78, 5) is 0. The minimum atomic E-state index is -1.30. The Balaban J connectivity index is 5.45. The van der Waals surface area contributed by atoms with Crippen molar-refractivity contribution in [2.24, 2.45) is 0 Å². The molecule has 0 bridgehead atoms. The number of hydrogen-bond donors (Lipinski definition) is 0. The zero-order chi connectivity index (χ0) is 17.3. The van der Waals surface area contributed by atoms with Crippen LogP contribution in [0.4, 0.5) is 0 Å². The fourth-order valence-electron chi connectivity index (χ4n) is 4.02. The van der Waals surface area contributed by atoms with Crippen LogP contribution in [0.3, 0.4) is 0 Å². The maximum atomic E-state index is 2.75. The second-order valence-corrected chi connectivity index (χ2v) is 9.89. The van der Waals surface area contributed by atoms with Gasteiger partial charge in [-0.15, -0.1) is 0 Å². The minimum absolute atomic E-state index is 0.713. The van der Waals surface area contributed by atoms with Crippen LogP contribution in [0.2, 0.25) is 0 Å². The third-order valence-electron chi connectivity index (χ3n) is 5.65. The van der Waals surface area contributed by atoms with Crippen LogP contribution in [0, 0.1) is 0 Å². The van der Waals surface area contributed by atoms with E-state index in [0.717, 1.165) is 0 Å². The van der Waals surface area contributed by atoms with Crippen LogP contribution in [0.15, 0.2) is 0 Å². The van der Waals surface area contributed by atoms with Gasteiger partial charge in [-0.2, -0.15) is 0 Å². The van der Waals surface area contributed by atoms with Gasteiger partial charge < -0.3 is 11.7 Å². The Morgan fingerprint density at radius 3 is 0.818 bits per heavy atom. The van der Waals surface area contributed by atoms with Crippen molar-refractivity contribution in [3.63, 3.8) is 0 Å². The molecule has 0 unspecified atom stereocenters.